The lowest BCUT2D eigenvalue weighted by molar-refractivity contribution is 0.169. The van der Waals surface area contributed by atoms with Crippen molar-refractivity contribution in [2.45, 2.75) is 6.10 Å². The van der Waals surface area contributed by atoms with Crippen molar-refractivity contribution in [1.82, 2.24) is 9.78 Å². The number of halogens is 2. The van der Waals surface area contributed by atoms with Crippen LogP contribution in [0.2, 0.25) is 5.02 Å². The highest BCUT2D eigenvalue weighted by atomic mass is 79.9. The highest BCUT2D eigenvalue weighted by Crippen LogP contribution is 2.41. The summed E-state index contributed by atoms with van der Waals surface area (Å²) < 4.78 is 13.3. The van der Waals surface area contributed by atoms with Crippen molar-refractivity contribution < 1.29 is 14.6 Å². The predicted molar refractivity (Wildman–Crippen MR) is 77.4 cm³/mol. The van der Waals surface area contributed by atoms with Gasteiger partial charge in [-0.3, -0.25) is 4.68 Å². The Labute approximate surface area is 129 Å². The molecule has 1 aliphatic rings. The van der Waals surface area contributed by atoms with Gasteiger partial charge in [0.05, 0.1) is 21.4 Å². The Balaban J connectivity index is 2.04. The van der Waals surface area contributed by atoms with Gasteiger partial charge in [-0.25, -0.2) is 0 Å². The molecule has 0 bridgehead atoms. The summed E-state index contributed by atoms with van der Waals surface area (Å²) in [7, 11) is 1.77. The van der Waals surface area contributed by atoms with E-state index in [0.717, 1.165) is 4.47 Å². The molecule has 0 saturated heterocycles. The van der Waals surface area contributed by atoms with Crippen LogP contribution in [0.5, 0.6) is 11.5 Å². The van der Waals surface area contributed by atoms with Gasteiger partial charge >= 0.3 is 0 Å². The molecule has 20 heavy (non-hydrogen) atoms. The minimum Gasteiger partial charge on any atom is -0.486 e. The molecule has 0 aliphatic carbocycles. The van der Waals surface area contributed by atoms with Gasteiger partial charge in [0.1, 0.15) is 19.3 Å². The first kappa shape index (κ1) is 13.7. The van der Waals surface area contributed by atoms with E-state index in [2.05, 4.69) is 21.0 Å². The number of nitrogens with zero attached hydrogens (tertiary/aromatic N) is 2. The largest absolute Gasteiger partial charge is 0.486 e. The average molecular weight is 360 g/mol. The van der Waals surface area contributed by atoms with Crippen LogP contribution < -0.4 is 9.47 Å². The van der Waals surface area contributed by atoms with Crippen molar-refractivity contribution in [2.24, 2.45) is 7.05 Å². The number of aliphatic hydroxyl groups excluding tert-OH is 1. The third-order valence-corrected chi connectivity index (χ3v) is 4.02. The molecule has 1 N–H and O–H groups in total. The molecule has 0 saturated carbocycles. The monoisotopic (exact) mass is 358 g/mol. The normalized spacial score (nSPS) is 15.2. The first-order valence-electron chi connectivity index (χ1n) is 6.02. The quantitative estimate of drug-likeness (QED) is 0.896. The minimum atomic E-state index is -0.856. The number of rotatable bonds is 2. The molecule has 3 rings (SSSR count). The molecule has 1 aromatic heterocycles. The molecule has 0 spiro atoms. The second kappa shape index (κ2) is 5.27. The Bertz CT molecular complexity index is 640. The SMILES string of the molecule is Cn1ncc(Br)c1C(O)c1cc(Cl)c2c(c1)OCCO2. The molecule has 1 unspecified atom stereocenters. The lowest BCUT2D eigenvalue weighted by atomic mass is 10.1. The zero-order chi connectivity index (χ0) is 14.3. The van der Waals surface area contributed by atoms with Gasteiger partial charge in [-0.05, 0) is 33.6 Å². The van der Waals surface area contributed by atoms with Crippen molar-refractivity contribution in [3.63, 3.8) is 0 Å². The van der Waals surface area contributed by atoms with Gasteiger partial charge in [0, 0.05) is 7.05 Å². The van der Waals surface area contributed by atoms with Gasteiger partial charge in [-0.2, -0.15) is 5.10 Å². The van der Waals surface area contributed by atoms with E-state index in [0.29, 0.717) is 41.0 Å². The molecule has 1 atom stereocenters. The van der Waals surface area contributed by atoms with Crippen molar-refractivity contribution in [2.75, 3.05) is 13.2 Å². The fourth-order valence-electron chi connectivity index (χ4n) is 2.17. The number of aryl methyl sites for hydroxylation is 1. The Kier molecular flexibility index (Phi) is 3.62. The van der Waals surface area contributed by atoms with Gasteiger partial charge < -0.3 is 14.6 Å². The summed E-state index contributed by atoms with van der Waals surface area (Å²) in [4.78, 5) is 0. The summed E-state index contributed by atoms with van der Waals surface area (Å²) in [6.07, 6.45) is 0.781. The number of hydrogen-bond donors (Lipinski definition) is 1. The van der Waals surface area contributed by atoms with Crippen LogP contribution in [-0.4, -0.2) is 28.1 Å². The predicted octanol–water partition coefficient (Wildman–Crippen LogP) is 2.69. The van der Waals surface area contributed by atoms with Crippen molar-refractivity contribution in [3.8, 4) is 11.5 Å². The van der Waals surface area contributed by atoms with Gasteiger partial charge in [-0.1, -0.05) is 11.6 Å². The van der Waals surface area contributed by atoms with Crippen LogP contribution in [0.3, 0.4) is 0 Å². The van der Waals surface area contributed by atoms with Crippen LogP contribution in [0, 0.1) is 0 Å². The minimum absolute atomic E-state index is 0.426. The molecule has 5 nitrogen and oxygen atoms in total. The molecular weight excluding hydrogens is 348 g/mol. The van der Waals surface area contributed by atoms with E-state index >= 15 is 0 Å². The van der Waals surface area contributed by atoms with E-state index in [9.17, 15) is 5.11 Å². The number of ether oxygens (including phenoxy) is 2. The highest BCUT2D eigenvalue weighted by Gasteiger charge is 2.23. The maximum absolute atomic E-state index is 10.5. The number of benzene rings is 1. The molecule has 0 amide bonds. The Morgan fingerprint density at radius 3 is 2.85 bits per heavy atom. The molecule has 7 heteroatoms. The van der Waals surface area contributed by atoms with Crippen LogP contribution in [-0.2, 0) is 7.05 Å². The molecule has 106 valence electrons. The van der Waals surface area contributed by atoms with Gasteiger partial charge in [-0.15, -0.1) is 0 Å². The number of aromatic nitrogens is 2. The average Bonchev–Trinajstić information content (AvgIpc) is 2.77. The van der Waals surface area contributed by atoms with Crippen LogP contribution >= 0.6 is 27.5 Å². The fraction of sp³-hybridized carbons (Fsp3) is 0.308. The summed E-state index contributed by atoms with van der Waals surface area (Å²) in [5, 5.41) is 15.0. The van der Waals surface area contributed by atoms with Gasteiger partial charge in [0.25, 0.3) is 0 Å². The van der Waals surface area contributed by atoms with Crippen LogP contribution in [0.4, 0.5) is 0 Å². The maximum Gasteiger partial charge on any atom is 0.179 e. The van der Waals surface area contributed by atoms with Crippen LogP contribution in [0.1, 0.15) is 17.4 Å². The second-order valence-corrected chi connectivity index (χ2v) is 5.69. The smallest absolute Gasteiger partial charge is 0.179 e. The first-order valence-corrected chi connectivity index (χ1v) is 7.19. The third-order valence-electron chi connectivity index (χ3n) is 3.13. The standard InChI is InChI=1S/C13H12BrClN2O3/c1-17-11(8(14)6-16-17)12(18)7-4-9(15)13-10(5-7)19-2-3-20-13/h4-6,12,18H,2-3H2,1H3. The molecule has 2 heterocycles. The molecule has 1 aliphatic heterocycles. The number of hydrogen-bond acceptors (Lipinski definition) is 4. The van der Waals surface area contributed by atoms with E-state index in [-0.39, 0.29) is 0 Å². The lowest BCUT2D eigenvalue weighted by Crippen LogP contribution is -2.16. The maximum atomic E-state index is 10.5. The summed E-state index contributed by atoms with van der Waals surface area (Å²) >= 11 is 9.56. The van der Waals surface area contributed by atoms with Gasteiger partial charge in [0.2, 0.25) is 0 Å². The fourth-order valence-corrected chi connectivity index (χ4v) is 3.01. The van der Waals surface area contributed by atoms with Gasteiger partial charge in [0.15, 0.2) is 11.5 Å². The lowest BCUT2D eigenvalue weighted by Gasteiger charge is -2.21. The first-order chi connectivity index (χ1) is 9.58. The number of aliphatic hydroxyl groups is 1. The molecule has 2 aromatic rings. The van der Waals surface area contributed by atoms with E-state index < -0.39 is 6.10 Å². The Morgan fingerprint density at radius 2 is 2.15 bits per heavy atom. The summed E-state index contributed by atoms with van der Waals surface area (Å²) in [5.74, 6) is 1.08. The van der Waals surface area contributed by atoms with E-state index in [1.807, 2.05) is 0 Å². The molecule has 0 radical (unpaired) electrons. The van der Waals surface area contributed by atoms with Crippen molar-refractivity contribution in [3.05, 3.63) is 39.1 Å². The summed E-state index contributed by atoms with van der Waals surface area (Å²) in [6.45, 7) is 0.945. The second-order valence-electron chi connectivity index (χ2n) is 4.43. The Morgan fingerprint density at radius 1 is 1.40 bits per heavy atom. The highest BCUT2D eigenvalue weighted by molar-refractivity contribution is 9.10. The third kappa shape index (κ3) is 2.28. The van der Waals surface area contributed by atoms with Crippen molar-refractivity contribution >= 4 is 27.5 Å². The summed E-state index contributed by atoms with van der Waals surface area (Å²) in [5.41, 5.74) is 1.28. The number of fused-ring (bicyclic) bond motifs is 1. The molecular formula is C13H12BrClN2O3. The molecule has 0 fully saturated rings. The topological polar surface area (TPSA) is 56.5 Å². The Hall–Kier alpha value is -1.24. The van der Waals surface area contributed by atoms with E-state index in [1.54, 1.807) is 30.1 Å². The zero-order valence-electron chi connectivity index (χ0n) is 10.6. The van der Waals surface area contributed by atoms with Crippen LogP contribution in [0.15, 0.2) is 22.8 Å². The van der Waals surface area contributed by atoms with Crippen molar-refractivity contribution in [1.29, 1.82) is 0 Å². The summed E-state index contributed by atoms with van der Waals surface area (Å²) in [6, 6.07) is 3.42. The van der Waals surface area contributed by atoms with Crippen LogP contribution in [0.25, 0.3) is 0 Å². The zero-order valence-corrected chi connectivity index (χ0v) is 13.0. The van der Waals surface area contributed by atoms with E-state index in [1.165, 1.54) is 0 Å². The van der Waals surface area contributed by atoms with E-state index in [4.69, 9.17) is 21.1 Å². The molecule has 1 aromatic carbocycles.